The van der Waals surface area contributed by atoms with Gasteiger partial charge in [0.1, 0.15) is 17.4 Å². The molecule has 128 valence electrons. The number of hydrogen-bond donors (Lipinski definition) is 3. The van der Waals surface area contributed by atoms with E-state index in [-0.39, 0.29) is 17.6 Å². The summed E-state index contributed by atoms with van der Waals surface area (Å²) >= 11 is 0. The van der Waals surface area contributed by atoms with Crippen molar-refractivity contribution in [3.63, 3.8) is 0 Å². The molecule has 0 radical (unpaired) electrons. The highest BCUT2D eigenvalue weighted by molar-refractivity contribution is 6.01. The van der Waals surface area contributed by atoms with E-state index in [2.05, 4.69) is 15.3 Å². The third kappa shape index (κ3) is 2.48. The summed E-state index contributed by atoms with van der Waals surface area (Å²) in [4.78, 5) is 21.1. The predicted molar refractivity (Wildman–Crippen MR) is 95.2 cm³/mol. The molecule has 1 aliphatic carbocycles. The van der Waals surface area contributed by atoms with Crippen molar-refractivity contribution in [1.82, 2.24) is 9.97 Å². The number of nitrogens with two attached hydrogens (primary N) is 2. The number of allylic oxidation sites excluding steroid dienone is 2. The number of carbonyl (C=O) groups is 1. The molecule has 1 aliphatic heterocycles. The van der Waals surface area contributed by atoms with E-state index < -0.39 is 0 Å². The van der Waals surface area contributed by atoms with Gasteiger partial charge in [-0.1, -0.05) is 12.1 Å². The number of rotatable bonds is 2. The van der Waals surface area contributed by atoms with Gasteiger partial charge in [-0.3, -0.25) is 4.79 Å². The van der Waals surface area contributed by atoms with Crippen molar-refractivity contribution in [3.8, 4) is 5.75 Å². The summed E-state index contributed by atoms with van der Waals surface area (Å²) in [5, 5.41) is 3.26. The number of nitrogens with zero attached hydrogens (tertiary/aromatic N) is 2. The topological polar surface area (TPSA) is 116 Å². The highest BCUT2D eigenvalue weighted by atomic mass is 16.5. The number of nitrogen functional groups attached to an aromatic ring is 2. The van der Waals surface area contributed by atoms with Gasteiger partial charge in [0.15, 0.2) is 5.78 Å². The second-order valence-electron chi connectivity index (χ2n) is 6.23. The molecule has 25 heavy (non-hydrogen) atoms. The van der Waals surface area contributed by atoms with Gasteiger partial charge in [-0.25, -0.2) is 0 Å². The molecule has 1 atom stereocenters. The number of ether oxygens (including phenoxy) is 1. The first-order chi connectivity index (χ1) is 12.1. The number of fused-ring (bicyclic) bond motifs is 1. The Kier molecular flexibility index (Phi) is 3.56. The molecule has 0 fully saturated rings. The minimum atomic E-state index is -0.300. The summed E-state index contributed by atoms with van der Waals surface area (Å²) in [6.07, 6.45) is 2.17. The fraction of sp³-hybridized carbons (Fsp3) is 0.278. The van der Waals surface area contributed by atoms with E-state index in [1.165, 1.54) is 0 Å². The van der Waals surface area contributed by atoms with Crippen LogP contribution in [0.4, 0.5) is 17.6 Å². The molecule has 4 rings (SSSR count). The van der Waals surface area contributed by atoms with Crippen LogP contribution in [0.5, 0.6) is 5.75 Å². The lowest BCUT2D eigenvalue weighted by Crippen LogP contribution is -2.28. The monoisotopic (exact) mass is 337 g/mol. The van der Waals surface area contributed by atoms with Crippen molar-refractivity contribution in [2.45, 2.75) is 25.2 Å². The number of ketones is 1. The molecule has 0 bridgehead atoms. The van der Waals surface area contributed by atoms with E-state index in [1.807, 2.05) is 24.3 Å². The number of hydrogen-bond acceptors (Lipinski definition) is 7. The number of methoxy groups -OCH3 is 1. The Morgan fingerprint density at radius 2 is 1.92 bits per heavy atom. The highest BCUT2D eigenvalue weighted by Gasteiger charge is 2.37. The normalized spacial score (nSPS) is 19.1. The molecule has 2 heterocycles. The third-order valence-corrected chi connectivity index (χ3v) is 4.74. The van der Waals surface area contributed by atoms with Crippen molar-refractivity contribution in [2.24, 2.45) is 0 Å². The van der Waals surface area contributed by atoms with Crippen LogP contribution in [0.1, 0.15) is 36.3 Å². The maximum absolute atomic E-state index is 12.7. The molecular weight excluding hydrogens is 318 g/mol. The van der Waals surface area contributed by atoms with Gasteiger partial charge < -0.3 is 21.5 Å². The van der Waals surface area contributed by atoms with Crippen molar-refractivity contribution in [3.05, 3.63) is 46.7 Å². The first-order valence-electron chi connectivity index (χ1n) is 8.18. The molecule has 0 saturated carbocycles. The van der Waals surface area contributed by atoms with E-state index in [0.29, 0.717) is 23.6 Å². The molecule has 7 heteroatoms. The second-order valence-corrected chi connectivity index (χ2v) is 6.23. The maximum Gasteiger partial charge on any atom is 0.223 e. The zero-order chi connectivity index (χ0) is 17.6. The fourth-order valence-electron chi connectivity index (χ4n) is 3.63. The predicted octanol–water partition coefficient (Wildman–Crippen LogP) is 2.21. The average Bonchev–Trinajstić information content (AvgIpc) is 2.60. The summed E-state index contributed by atoms with van der Waals surface area (Å²) in [5.74, 6) is 1.58. The van der Waals surface area contributed by atoms with Gasteiger partial charge in [-0.2, -0.15) is 9.97 Å². The van der Waals surface area contributed by atoms with Gasteiger partial charge in [-0.05, 0) is 30.5 Å². The Labute approximate surface area is 145 Å². The minimum Gasteiger partial charge on any atom is -0.497 e. The van der Waals surface area contributed by atoms with Crippen LogP contribution in [0.3, 0.4) is 0 Å². The molecular formula is C18H19N5O2. The summed E-state index contributed by atoms with van der Waals surface area (Å²) < 4.78 is 5.24. The van der Waals surface area contributed by atoms with E-state index in [1.54, 1.807) is 7.11 Å². The third-order valence-electron chi connectivity index (χ3n) is 4.74. The van der Waals surface area contributed by atoms with Gasteiger partial charge in [0.25, 0.3) is 0 Å². The number of Topliss-reactive ketones (excluding diaryl/α,β-unsaturated/α-hetero) is 1. The lowest BCUT2D eigenvalue weighted by Gasteiger charge is -2.33. The summed E-state index contributed by atoms with van der Waals surface area (Å²) in [5.41, 5.74) is 15.2. The highest BCUT2D eigenvalue weighted by Crippen LogP contribution is 2.46. The smallest absolute Gasteiger partial charge is 0.223 e. The Hall–Kier alpha value is -3.09. The quantitative estimate of drug-likeness (QED) is 0.769. The van der Waals surface area contributed by atoms with Crippen LogP contribution >= 0.6 is 0 Å². The van der Waals surface area contributed by atoms with Gasteiger partial charge >= 0.3 is 0 Å². The van der Waals surface area contributed by atoms with Crippen LogP contribution in [0.25, 0.3) is 0 Å². The van der Waals surface area contributed by atoms with Crippen LogP contribution in [-0.2, 0) is 4.79 Å². The summed E-state index contributed by atoms with van der Waals surface area (Å²) in [6, 6.07) is 7.64. The number of nitrogens with one attached hydrogen (secondary N) is 1. The number of anilines is 3. The Morgan fingerprint density at radius 3 is 2.64 bits per heavy atom. The van der Waals surface area contributed by atoms with Crippen molar-refractivity contribution in [2.75, 3.05) is 23.9 Å². The molecule has 0 saturated heterocycles. The second kappa shape index (κ2) is 5.77. The molecule has 7 nitrogen and oxygen atoms in total. The van der Waals surface area contributed by atoms with Crippen LogP contribution in [-0.4, -0.2) is 22.9 Å². The zero-order valence-corrected chi connectivity index (χ0v) is 13.9. The van der Waals surface area contributed by atoms with Crippen molar-refractivity contribution in [1.29, 1.82) is 0 Å². The standard InChI is InChI=1S/C18H19N5O2/c1-25-10-7-5-9(6-8-10)13-14-11(3-2-4-12(14)24)21-17-15(13)16(19)22-18(20)23-17/h5-8,13H,2-4H2,1H3,(H5,19,20,21,22,23)/t13-/m1/s1. The van der Waals surface area contributed by atoms with E-state index >= 15 is 0 Å². The maximum atomic E-state index is 12.7. The van der Waals surface area contributed by atoms with E-state index in [9.17, 15) is 4.79 Å². The first kappa shape index (κ1) is 15.4. The molecule has 0 amide bonds. The van der Waals surface area contributed by atoms with Gasteiger partial charge in [0.2, 0.25) is 5.95 Å². The molecule has 2 aromatic rings. The summed E-state index contributed by atoms with van der Waals surface area (Å²) in [7, 11) is 1.62. The van der Waals surface area contributed by atoms with Crippen LogP contribution < -0.4 is 21.5 Å². The lowest BCUT2D eigenvalue weighted by atomic mass is 9.76. The lowest BCUT2D eigenvalue weighted by molar-refractivity contribution is -0.116. The van der Waals surface area contributed by atoms with Gasteiger partial charge in [0, 0.05) is 29.2 Å². The Morgan fingerprint density at radius 1 is 1.16 bits per heavy atom. The first-order valence-corrected chi connectivity index (χ1v) is 8.18. The van der Waals surface area contributed by atoms with Crippen molar-refractivity contribution < 1.29 is 9.53 Å². The number of benzene rings is 1. The van der Waals surface area contributed by atoms with E-state index in [0.717, 1.165) is 35.4 Å². The molecule has 0 spiro atoms. The molecule has 2 aliphatic rings. The SMILES string of the molecule is COc1ccc([C@@H]2C3=C(CCCC3=O)Nc3nc(N)nc(N)c32)cc1. The average molecular weight is 337 g/mol. The van der Waals surface area contributed by atoms with Crippen LogP contribution in [0.2, 0.25) is 0 Å². The van der Waals surface area contributed by atoms with Crippen molar-refractivity contribution >= 4 is 23.4 Å². The Balaban J connectivity index is 1.94. The molecule has 5 N–H and O–H groups in total. The van der Waals surface area contributed by atoms with Crippen LogP contribution in [0, 0.1) is 0 Å². The fourth-order valence-corrected chi connectivity index (χ4v) is 3.63. The van der Waals surface area contributed by atoms with E-state index in [4.69, 9.17) is 16.2 Å². The number of carbonyl (C=O) groups excluding carboxylic acids is 1. The van der Waals surface area contributed by atoms with Crippen LogP contribution in [0.15, 0.2) is 35.5 Å². The Bertz CT molecular complexity index is 889. The largest absolute Gasteiger partial charge is 0.497 e. The molecule has 0 unspecified atom stereocenters. The number of aromatic nitrogens is 2. The zero-order valence-electron chi connectivity index (χ0n) is 13.9. The molecule has 1 aromatic carbocycles. The summed E-state index contributed by atoms with van der Waals surface area (Å²) in [6.45, 7) is 0. The minimum absolute atomic E-state index is 0.114. The van der Waals surface area contributed by atoms with Gasteiger partial charge in [0.05, 0.1) is 7.11 Å². The van der Waals surface area contributed by atoms with Gasteiger partial charge in [-0.15, -0.1) is 0 Å². The molecule has 1 aromatic heterocycles.